The fourth-order valence-corrected chi connectivity index (χ4v) is 3.33. The van der Waals surface area contributed by atoms with E-state index < -0.39 is 0 Å². The van der Waals surface area contributed by atoms with Gasteiger partial charge in [-0.15, -0.1) is 0 Å². The van der Waals surface area contributed by atoms with Crippen LogP contribution in [0.15, 0.2) is 30.5 Å². The second-order valence-corrected chi connectivity index (χ2v) is 7.08. The minimum Gasteiger partial charge on any atom is -0.454 e. The maximum Gasteiger partial charge on any atom is 0.248 e. The van der Waals surface area contributed by atoms with Gasteiger partial charge in [0.25, 0.3) is 0 Å². The van der Waals surface area contributed by atoms with E-state index in [0.717, 1.165) is 42.4 Å². The van der Waals surface area contributed by atoms with Crippen LogP contribution in [0, 0.1) is 0 Å². The molecule has 8 heteroatoms. The van der Waals surface area contributed by atoms with Gasteiger partial charge in [-0.2, -0.15) is 5.10 Å². The molecule has 27 heavy (non-hydrogen) atoms. The molecule has 8 nitrogen and oxygen atoms in total. The Bertz CT molecular complexity index is 820. The van der Waals surface area contributed by atoms with E-state index in [1.165, 1.54) is 0 Å². The molecule has 1 aromatic heterocycles. The van der Waals surface area contributed by atoms with Crippen LogP contribution in [-0.4, -0.2) is 65.6 Å². The molecular formula is C19H24N4O4. The van der Waals surface area contributed by atoms with E-state index >= 15 is 0 Å². The molecule has 4 rings (SSSR count). The number of ether oxygens (including phenoxy) is 3. The molecule has 144 valence electrons. The highest BCUT2D eigenvalue weighted by molar-refractivity contribution is 5.76. The van der Waals surface area contributed by atoms with Crippen molar-refractivity contribution < 1.29 is 19.0 Å². The first-order valence-corrected chi connectivity index (χ1v) is 9.02. The quantitative estimate of drug-likeness (QED) is 0.783. The van der Waals surface area contributed by atoms with Crippen molar-refractivity contribution in [1.29, 1.82) is 0 Å². The van der Waals surface area contributed by atoms with Crippen LogP contribution in [0.3, 0.4) is 0 Å². The number of carbonyl (C=O) groups is 1. The highest BCUT2D eigenvalue weighted by atomic mass is 16.7. The van der Waals surface area contributed by atoms with E-state index in [-0.39, 0.29) is 25.4 Å². The van der Waals surface area contributed by atoms with Crippen molar-refractivity contribution in [3.8, 4) is 11.5 Å². The van der Waals surface area contributed by atoms with Crippen LogP contribution in [-0.2, 0) is 29.2 Å². The van der Waals surface area contributed by atoms with Crippen LogP contribution in [0.25, 0.3) is 0 Å². The lowest BCUT2D eigenvalue weighted by Crippen LogP contribution is -2.36. The summed E-state index contributed by atoms with van der Waals surface area (Å²) in [6, 6.07) is 8.06. The summed E-state index contributed by atoms with van der Waals surface area (Å²) < 4.78 is 18.7. The number of amides is 1. The molecule has 1 aromatic carbocycles. The molecule has 0 bridgehead atoms. The maximum atomic E-state index is 11.9. The Morgan fingerprint density at radius 2 is 2.11 bits per heavy atom. The third kappa shape index (κ3) is 4.06. The molecule has 0 saturated carbocycles. The molecule has 2 aliphatic rings. The Kier molecular flexibility index (Phi) is 5.00. The zero-order valence-electron chi connectivity index (χ0n) is 15.6. The molecule has 0 unspecified atom stereocenters. The molecule has 2 aromatic rings. The van der Waals surface area contributed by atoms with Gasteiger partial charge in [0, 0.05) is 39.9 Å². The molecule has 1 atom stereocenters. The Labute approximate surface area is 158 Å². The van der Waals surface area contributed by atoms with Gasteiger partial charge in [0.15, 0.2) is 11.5 Å². The van der Waals surface area contributed by atoms with Gasteiger partial charge in [-0.05, 0) is 23.8 Å². The number of fused-ring (bicyclic) bond motifs is 2. The lowest BCUT2D eigenvalue weighted by Gasteiger charge is -2.24. The molecule has 0 aliphatic carbocycles. The highest BCUT2D eigenvalue weighted by Crippen LogP contribution is 2.33. The Balaban J connectivity index is 1.47. The zero-order chi connectivity index (χ0) is 18.8. The van der Waals surface area contributed by atoms with Gasteiger partial charge < -0.3 is 19.1 Å². The summed E-state index contributed by atoms with van der Waals surface area (Å²) in [5.74, 6) is 1.54. The van der Waals surface area contributed by atoms with E-state index in [1.807, 2.05) is 22.9 Å². The predicted molar refractivity (Wildman–Crippen MR) is 97.3 cm³/mol. The maximum absolute atomic E-state index is 11.9. The highest BCUT2D eigenvalue weighted by Gasteiger charge is 2.24. The first-order valence-electron chi connectivity index (χ1n) is 9.02. The van der Waals surface area contributed by atoms with Gasteiger partial charge in [-0.25, -0.2) is 0 Å². The Morgan fingerprint density at radius 1 is 1.26 bits per heavy atom. The van der Waals surface area contributed by atoms with Crippen molar-refractivity contribution >= 4 is 5.91 Å². The minimum atomic E-state index is -0.107. The predicted octanol–water partition coefficient (Wildman–Crippen LogP) is 1.10. The molecule has 0 spiro atoms. The minimum absolute atomic E-state index is 0.0396. The van der Waals surface area contributed by atoms with E-state index in [4.69, 9.17) is 14.2 Å². The molecule has 2 aliphatic heterocycles. The second-order valence-electron chi connectivity index (χ2n) is 7.08. The van der Waals surface area contributed by atoms with Crippen LogP contribution in [0.1, 0.15) is 11.3 Å². The number of carbonyl (C=O) groups excluding carboxylic acids is 1. The molecule has 0 fully saturated rings. The third-order valence-corrected chi connectivity index (χ3v) is 4.81. The van der Waals surface area contributed by atoms with Gasteiger partial charge >= 0.3 is 0 Å². The smallest absolute Gasteiger partial charge is 0.248 e. The zero-order valence-corrected chi connectivity index (χ0v) is 15.6. The number of aromatic nitrogens is 2. The van der Waals surface area contributed by atoms with Crippen molar-refractivity contribution in [2.24, 2.45) is 0 Å². The lowest BCUT2D eigenvalue weighted by atomic mass is 10.1. The largest absolute Gasteiger partial charge is 0.454 e. The molecule has 0 saturated heterocycles. The number of rotatable bonds is 5. The summed E-state index contributed by atoms with van der Waals surface area (Å²) in [5.41, 5.74) is 2.29. The van der Waals surface area contributed by atoms with Gasteiger partial charge in [-0.1, -0.05) is 6.07 Å². The molecule has 0 N–H and O–H groups in total. The number of likely N-dealkylation sites (N-methyl/N-ethyl adjacent to an activating group) is 1. The van der Waals surface area contributed by atoms with E-state index in [9.17, 15) is 4.79 Å². The van der Waals surface area contributed by atoms with E-state index in [1.54, 1.807) is 25.2 Å². The van der Waals surface area contributed by atoms with Crippen LogP contribution >= 0.6 is 0 Å². The summed E-state index contributed by atoms with van der Waals surface area (Å²) in [6.45, 7) is 3.24. The fraction of sp³-hybridized carbons (Fsp3) is 0.474. The molecular weight excluding hydrogens is 348 g/mol. The first-order chi connectivity index (χ1) is 13.1. The first kappa shape index (κ1) is 17.8. The van der Waals surface area contributed by atoms with Crippen LogP contribution in [0.2, 0.25) is 0 Å². The summed E-state index contributed by atoms with van der Waals surface area (Å²) in [4.78, 5) is 15.7. The summed E-state index contributed by atoms with van der Waals surface area (Å²) in [5, 5.41) is 4.40. The molecule has 0 radical (unpaired) electrons. The number of benzene rings is 1. The van der Waals surface area contributed by atoms with Gasteiger partial charge in [0.05, 0.1) is 18.3 Å². The third-order valence-electron chi connectivity index (χ3n) is 4.81. The Morgan fingerprint density at radius 3 is 2.96 bits per heavy atom. The molecule has 1 amide bonds. The van der Waals surface area contributed by atoms with Gasteiger partial charge in [0.2, 0.25) is 12.7 Å². The average Bonchev–Trinajstić information content (AvgIpc) is 3.25. The standard InChI is InChI=1S/C19H24N4O4/c1-21(2)19(24)12-25-16-10-22(9-15-5-6-20-23(15)11-16)8-14-3-4-17-18(7-14)27-13-26-17/h3-7,16H,8-13H2,1-2H3/t16-/m0/s1. The fourth-order valence-electron chi connectivity index (χ4n) is 3.33. The van der Waals surface area contributed by atoms with Gasteiger partial charge in [-0.3, -0.25) is 14.4 Å². The SMILES string of the molecule is CN(C)C(=O)CO[C@H]1CN(Cc2ccc3c(c2)OCO3)Cc2ccnn2C1. The van der Waals surface area contributed by atoms with Crippen molar-refractivity contribution in [3.05, 3.63) is 41.7 Å². The summed E-state index contributed by atoms with van der Waals surface area (Å²) in [6.07, 6.45) is 1.70. The monoisotopic (exact) mass is 372 g/mol. The number of hydrogen-bond acceptors (Lipinski definition) is 6. The van der Waals surface area contributed by atoms with E-state index in [0.29, 0.717) is 6.54 Å². The van der Waals surface area contributed by atoms with Gasteiger partial charge in [0.1, 0.15) is 6.61 Å². The normalized spacial score (nSPS) is 18.8. The second kappa shape index (κ2) is 7.58. The van der Waals surface area contributed by atoms with E-state index in [2.05, 4.69) is 16.1 Å². The molecule has 3 heterocycles. The number of nitrogens with zero attached hydrogens (tertiary/aromatic N) is 4. The van der Waals surface area contributed by atoms with Crippen LogP contribution in [0.4, 0.5) is 0 Å². The Hall–Kier alpha value is -2.58. The topological polar surface area (TPSA) is 69.1 Å². The number of hydrogen-bond donors (Lipinski definition) is 0. The summed E-state index contributed by atoms with van der Waals surface area (Å²) >= 11 is 0. The average molecular weight is 372 g/mol. The van der Waals surface area contributed by atoms with Crippen molar-refractivity contribution in [1.82, 2.24) is 19.6 Å². The summed E-state index contributed by atoms with van der Waals surface area (Å²) in [7, 11) is 3.46. The van der Waals surface area contributed by atoms with Crippen molar-refractivity contribution in [3.63, 3.8) is 0 Å². The van der Waals surface area contributed by atoms with Crippen molar-refractivity contribution in [2.45, 2.75) is 25.7 Å². The van der Waals surface area contributed by atoms with Crippen LogP contribution in [0.5, 0.6) is 11.5 Å². The van der Waals surface area contributed by atoms with Crippen molar-refractivity contribution in [2.75, 3.05) is 34.0 Å². The lowest BCUT2D eigenvalue weighted by molar-refractivity contribution is -0.136. The van der Waals surface area contributed by atoms with Crippen LogP contribution < -0.4 is 9.47 Å².